The molecule has 0 radical (unpaired) electrons. The van der Waals surface area contributed by atoms with Gasteiger partial charge in [-0.05, 0) is 36.6 Å². The van der Waals surface area contributed by atoms with Gasteiger partial charge in [0, 0.05) is 13.0 Å². The number of benzene rings is 1. The molecule has 1 amide bonds. The first-order valence-electron chi connectivity index (χ1n) is 10.7. The van der Waals surface area contributed by atoms with Gasteiger partial charge in [-0.2, -0.15) is 0 Å². The predicted octanol–water partition coefficient (Wildman–Crippen LogP) is 5.50. The zero-order valence-electron chi connectivity index (χ0n) is 18.2. The van der Waals surface area contributed by atoms with Gasteiger partial charge in [0.15, 0.2) is 11.5 Å². The Balaban J connectivity index is 1.73. The summed E-state index contributed by atoms with van der Waals surface area (Å²) in [6.45, 7) is 0.645. The first kappa shape index (κ1) is 25.2. The summed E-state index contributed by atoms with van der Waals surface area (Å²) < 4.78 is 11.2. The number of carboxylic acids is 1. The largest absolute Gasteiger partial charge is 0.493 e. The number of rotatable bonds is 14. The van der Waals surface area contributed by atoms with E-state index in [0.29, 0.717) is 27.3 Å². The number of hydrogen-bond donors (Lipinski definition) is 1. The van der Waals surface area contributed by atoms with Crippen LogP contribution < -0.4 is 9.47 Å². The topological polar surface area (TPSA) is 76.1 Å². The van der Waals surface area contributed by atoms with E-state index in [1.165, 1.54) is 11.8 Å². The average Bonchev–Trinajstić information content (AvgIpc) is 3.01. The van der Waals surface area contributed by atoms with E-state index in [9.17, 15) is 9.59 Å². The number of carbonyl (C=O) groups excluding carboxylic acids is 1. The molecule has 31 heavy (non-hydrogen) atoms. The summed E-state index contributed by atoms with van der Waals surface area (Å²) in [4.78, 5) is 25.6. The fourth-order valence-electron chi connectivity index (χ4n) is 3.39. The molecule has 1 N–H and O–H groups in total. The second kappa shape index (κ2) is 13.4. The lowest BCUT2D eigenvalue weighted by Crippen LogP contribution is -2.29. The smallest absolute Gasteiger partial charge is 0.303 e. The molecule has 1 aliphatic heterocycles. The maximum Gasteiger partial charge on any atom is 0.303 e. The Labute approximate surface area is 194 Å². The number of thiocarbonyl (C=S) groups is 1. The van der Waals surface area contributed by atoms with Gasteiger partial charge in [0.05, 0.1) is 19.1 Å². The number of methoxy groups -OCH3 is 2. The van der Waals surface area contributed by atoms with E-state index in [-0.39, 0.29) is 12.3 Å². The molecule has 1 heterocycles. The van der Waals surface area contributed by atoms with Crippen molar-refractivity contribution in [2.24, 2.45) is 0 Å². The van der Waals surface area contributed by atoms with Crippen LogP contribution in [0.25, 0.3) is 6.08 Å². The van der Waals surface area contributed by atoms with Crippen molar-refractivity contribution in [3.63, 3.8) is 0 Å². The second-order valence-corrected chi connectivity index (χ2v) is 9.10. The molecule has 0 saturated carbocycles. The third kappa shape index (κ3) is 8.18. The molecule has 2 rings (SSSR count). The maximum absolute atomic E-state index is 12.8. The number of aliphatic carboxylic acids is 1. The quantitative estimate of drug-likeness (QED) is 0.221. The minimum Gasteiger partial charge on any atom is -0.493 e. The van der Waals surface area contributed by atoms with Crippen LogP contribution in [0, 0.1) is 0 Å². The number of carboxylic acid groups (broad SMARTS) is 1. The zero-order valence-corrected chi connectivity index (χ0v) is 19.9. The van der Waals surface area contributed by atoms with Crippen molar-refractivity contribution in [3.8, 4) is 11.5 Å². The van der Waals surface area contributed by atoms with Gasteiger partial charge in [0.2, 0.25) is 0 Å². The Morgan fingerprint density at radius 2 is 1.65 bits per heavy atom. The average molecular weight is 466 g/mol. The van der Waals surface area contributed by atoms with Crippen molar-refractivity contribution in [2.75, 3.05) is 20.8 Å². The Bertz CT molecular complexity index is 809. The number of nitrogens with zero attached hydrogens (tertiary/aromatic N) is 1. The van der Waals surface area contributed by atoms with E-state index in [4.69, 9.17) is 26.8 Å². The number of carbonyl (C=O) groups is 2. The van der Waals surface area contributed by atoms with Crippen molar-refractivity contribution >= 4 is 46.3 Å². The van der Waals surface area contributed by atoms with E-state index in [1.807, 2.05) is 24.3 Å². The van der Waals surface area contributed by atoms with Crippen LogP contribution in [0.3, 0.4) is 0 Å². The molecule has 0 spiro atoms. The monoisotopic (exact) mass is 465 g/mol. The van der Waals surface area contributed by atoms with E-state index < -0.39 is 5.97 Å². The molecular formula is C23H31NO5S2. The number of ether oxygens (including phenoxy) is 2. The fraction of sp³-hybridized carbons (Fsp3) is 0.522. The molecule has 1 saturated heterocycles. The highest BCUT2D eigenvalue weighted by Crippen LogP contribution is 2.34. The van der Waals surface area contributed by atoms with E-state index in [2.05, 4.69) is 0 Å². The molecule has 8 heteroatoms. The van der Waals surface area contributed by atoms with Gasteiger partial charge in [0.25, 0.3) is 5.91 Å². The van der Waals surface area contributed by atoms with Crippen LogP contribution >= 0.6 is 24.0 Å². The molecular weight excluding hydrogens is 434 g/mol. The molecule has 170 valence electrons. The van der Waals surface area contributed by atoms with Crippen LogP contribution in [0.2, 0.25) is 0 Å². The highest BCUT2D eigenvalue weighted by molar-refractivity contribution is 8.26. The van der Waals surface area contributed by atoms with Gasteiger partial charge in [-0.15, -0.1) is 0 Å². The Kier molecular flexibility index (Phi) is 10.9. The van der Waals surface area contributed by atoms with Crippen LogP contribution in [-0.4, -0.2) is 47.0 Å². The Hall–Kier alpha value is -2.06. The SMILES string of the molecule is COc1ccc(C=C2SC(=S)N(CCCCCCCCCCC(=O)O)C2=O)cc1OC. The number of amides is 1. The van der Waals surface area contributed by atoms with Crippen molar-refractivity contribution < 1.29 is 24.2 Å². The Morgan fingerprint density at radius 1 is 1.03 bits per heavy atom. The highest BCUT2D eigenvalue weighted by atomic mass is 32.2. The number of hydrogen-bond acceptors (Lipinski definition) is 6. The van der Waals surface area contributed by atoms with Crippen LogP contribution in [0.1, 0.15) is 63.4 Å². The highest BCUT2D eigenvalue weighted by Gasteiger charge is 2.31. The fourth-order valence-corrected chi connectivity index (χ4v) is 4.70. The summed E-state index contributed by atoms with van der Waals surface area (Å²) in [5, 5.41) is 8.62. The molecule has 0 aromatic heterocycles. The van der Waals surface area contributed by atoms with Crippen molar-refractivity contribution in [1.29, 1.82) is 0 Å². The molecule has 1 aliphatic rings. The third-order valence-electron chi connectivity index (χ3n) is 5.10. The van der Waals surface area contributed by atoms with Gasteiger partial charge in [-0.3, -0.25) is 14.5 Å². The Morgan fingerprint density at radius 3 is 2.26 bits per heavy atom. The standard InChI is InChI=1S/C23H31NO5S2/c1-28-18-13-12-17(15-19(18)29-2)16-20-22(27)24(23(30)31-20)14-10-8-6-4-3-5-7-9-11-21(25)26/h12-13,15-16H,3-11,14H2,1-2H3,(H,25,26). The van der Waals surface area contributed by atoms with Crippen molar-refractivity contribution in [1.82, 2.24) is 4.90 Å². The minimum atomic E-state index is -0.714. The summed E-state index contributed by atoms with van der Waals surface area (Å²) in [6.07, 6.45) is 10.3. The molecule has 0 atom stereocenters. The van der Waals surface area contributed by atoms with Gasteiger partial charge in [-0.25, -0.2) is 0 Å². The first-order valence-corrected chi connectivity index (χ1v) is 11.9. The summed E-state index contributed by atoms with van der Waals surface area (Å²) >= 11 is 6.75. The van der Waals surface area contributed by atoms with Gasteiger partial charge in [-0.1, -0.05) is 68.6 Å². The van der Waals surface area contributed by atoms with Crippen LogP contribution in [-0.2, 0) is 9.59 Å². The predicted molar refractivity (Wildman–Crippen MR) is 129 cm³/mol. The summed E-state index contributed by atoms with van der Waals surface area (Å²) in [7, 11) is 3.17. The van der Waals surface area contributed by atoms with Crippen molar-refractivity contribution in [2.45, 2.75) is 57.8 Å². The van der Waals surface area contributed by atoms with Gasteiger partial charge < -0.3 is 14.6 Å². The summed E-state index contributed by atoms with van der Waals surface area (Å²) in [6, 6.07) is 5.54. The van der Waals surface area contributed by atoms with Gasteiger partial charge in [0.1, 0.15) is 4.32 Å². The van der Waals surface area contributed by atoms with E-state index in [0.717, 1.165) is 56.9 Å². The van der Waals surface area contributed by atoms with Gasteiger partial charge >= 0.3 is 5.97 Å². The second-order valence-electron chi connectivity index (χ2n) is 7.42. The van der Waals surface area contributed by atoms with E-state index in [1.54, 1.807) is 19.1 Å². The molecule has 1 fully saturated rings. The number of unbranched alkanes of at least 4 members (excludes halogenated alkanes) is 7. The maximum atomic E-state index is 12.8. The number of thioether (sulfide) groups is 1. The third-order valence-corrected chi connectivity index (χ3v) is 6.48. The normalized spacial score (nSPS) is 15.0. The minimum absolute atomic E-state index is 0.0387. The molecule has 0 unspecified atom stereocenters. The summed E-state index contributed by atoms with van der Waals surface area (Å²) in [5.41, 5.74) is 0.863. The van der Waals surface area contributed by atoms with Crippen LogP contribution in [0.4, 0.5) is 0 Å². The van der Waals surface area contributed by atoms with Crippen LogP contribution in [0.15, 0.2) is 23.1 Å². The molecule has 0 bridgehead atoms. The molecule has 1 aromatic carbocycles. The lowest BCUT2D eigenvalue weighted by Gasteiger charge is -2.14. The van der Waals surface area contributed by atoms with Crippen molar-refractivity contribution in [3.05, 3.63) is 28.7 Å². The first-order chi connectivity index (χ1) is 15.0. The molecule has 1 aromatic rings. The summed E-state index contributed by atoms with van der Waals surface area (Å²) in [5.74, 6) is 0.513. The lowest BCUT2D eigenvalue weighted by atomic mass is 10.1. The zero-order chi connectivity index (χ0) is 22.6. The van der Waals surface area contributed by atoms with E-state index >= 15 is 0 Å². The molecule has 0 aliphatic carbocycles. The van der Waals surface area contributed by atoms with Crippen LogP contribution in [0.5, 0.6) is 11.5 Å². The molecule has 6 nitrogen and oxygen atoms in total. The lowest BCUT2D eigenvalue weighted by molar-refractivity contribution is -0.137.